The van der Waals surface area contributed by atoms with Crippen LogP contribution in [-0.4, -0.2) is 15.1 Å². The molecular formula is C21H26N2O. The van der Waals surface area contributed by atoms with E-state index in [-0.39, 0.29) is 0 Å². The number of fused-ring (bicyclic) bond motifs is 3. The summed E-state index contributed by atoms with van der Waals surface area (Å²) in [6.45, 7) is 4.33. The number of nitrogens with zero attached hydrogens (tertiary/aromatic N) is 2. The third-order valence-electron chi connectivity index (χ3n) is 4.56. The highest BCUT2D eigenvalue weighted by molar-refractivity contribution is 6.02. The van der Waals surface area contributed by atoms with Crippen LogP contribution in [0.1, 0.15) is 63.4 Å². The lowest BCUT2D eigenvalue weighted by molar-refractivity contribution is 0.160. The molecule has 2 aromatic heterocycles. The van der Waals surface area contributed by atoms with Crippen LogP contribution in [0.5, 0.6) is 0 Å². The summed E-state index contributed by atoms with van der Waals surface area (Å²) in [4.78, 5) is 9.62. The van der Waals surface area contributed by atoms with Gasteiger partial charge >= 0.3 is 0 Å². The zero-order valence-corrected chi connectivity index (χ0v) is 14.6. The Hall–Kier alpha value is -2.00. The molecule has 0 aliphatic rings. The first kappa shape index (κ1) is 16.8. The molecule has 24 heavy (non-hydrogen) atoms. The van der Waals surface area contributed by atoms with Crippen LogP contribution in [0, 0.1) is 0 Å². The zero-order chi connectivity index (χ0) is 16.9. The van der Waals surface area contributed by atoms with Crippen LogP contribution in [-0.2, 0) is 6.42 Å². The maximum atomic E-state index is 10.4. The van der Waals surface area contributed by atoms with Crippen molar-refractivity contribution in [2.24, 2.45) is 0 Å². The summed E-state index contributed by atoms with van der Waals surface area (Å²) in [5.74, 6) is 0. The van der Waals surface area contributed by atoms with E-state index in [1.54, 1.807) is 0 Å². The minimum absolute atomic E-state index is 0.493. The molecule has 2 heterocycles. The van der Waals surface area contributed by atoms with E-state index < -0.39 is 6.10 Å². The molecule has 3 rings (SSSR count). The van der Waals surface area contributed by atoms with E-state index in [0.29, 0.717) is 0 Å². The van der Waals surface area contributed by atoms with E-state index in [0.717, 1.165) is 65.3 Å². The van der Waals surface area contributed by atoms with Gasteiger partial charge in [-0.25, -0.2) is 4.98 Å². The molecule has 0 spiro atoms. The van der Waals surface area contributed by atoms with E-state index >= 15 is 0 Å². The van der Waals surface area contributed by atoms with Gasteiger partial charge in [0.25, 0.3) is 0 Å². The molecule has 3 heteroatoms. The van der Waals surface area contributed by atoms with Crippen LogP contribution in [0.15, 0.2) is 36.4 Å². The van der Waals surface area contributed by atoms with Crippen LogP contribution < -0.4 is 0 Å². The average molecular weight is 322 g/mol. The third-order valence-corrected chi connectivity index (χ3v) is 4.56. The molecule has 3 nitrogen and oxygen atoms in total. The Morgan fingerprint density at radius 1 is 0.833 bits per heavy atom. The lowest BCUT2D eigenvalue weighted by Gasteiger charge is -2.11. The first-order chi connectivity index (χ1) is 11.7. The lowest BCUT2D eigenvalue weighted by atomic mass is 10.1. The molecule has 0 fully saturated rings. The van der Waals surface area contributed by atoms with Crippen molar-refractivity contribution < 1.29 is 5.11 Å². The number of aliphatic hydroxyl groups is 1. The molecule has 126 valence electrons. The number of hydrogen-bond donors (Lipinski definition) is 1. The minimum Gasteiger partial charge on any atom is -0.387 e. The summed E-state index contributed by atoms with van der Waals surface area (Å²) in [6.07, 6.45) is 5.68. The van der Waals surface area contributed by atoms with Crippen molar-refractivity contribution in [2.45, 2.75) is 58.5 Å². The Morgan fingerprint density at radius 2 is 1.46 bits per heavy atom. The Balaban J connectivity index is 2.05. The van der Waals surface area contributed by atoms with E-state index in [2.05, 4.69) is 38.1 Å². The Morgan fingerprint density at radius 3 is 2.17 bits per heavy atom. The zero-order valence-electron chi connectivity index (χ0n) is 14.6. The van der Waals surface area contributed by atoms with Crippen molar-refractivity contribution in [1.29, 1.82) is 0 Å². The third kappa shape index (κ3) is 3.57. The van der Waals surface area contributed by atoms with E-state index in [4.69, 9.17) is 9.97 Å². The second-order valence-corrected chi connectivity index (χ2v) is 6.51. The fourth-order valence-electron chi connectivity index (χ4n) is 3.05. The van der Waals surface area contributed by atoms with Crippen LogP contribution in [0.4, 0.5) is 0 Å². The van der Waals surface area contributed by atoms with Crippen LogP contribution >= 0.6 is 0 Å². The van der Waals surface area contributed by atoms with Crippen molar-refractivity contribution in [3.05, 3.63) is 47.8 Å². The van der Waals surface area contributed by atoms with Gasteiger partial charge in [0.2, 0.25) is 0 Å². The molecule has 0 aliphatic carbocycles. The number of aliphatic hydroxyl groups excluding tert-OH is 1. The molecule has 0 amide bonds. The van der Waals surface area contributed by atoms with Gasteiger partial charge in [0.1, 0.15) is 0 Å². The molecule has 0 radical (unpaired) electrons. The first-order valence-corrected chi connectivity index (χ1v) is 9.10. The number of pyridine rings is 2. The summed E-state index contributed by atoms with van der Waals surface area (Å²) < 4.78 is 0. The molecule has 0 saturated carbocycles. The van der Waals surface area contributed by atoms with Gasteiger partial charge in [-0.2, -0.15) is 0 Å². The summed E-state index contributed by atoms with van der Waals surface area (Å²) in [5, 5.41) is 12.6. The molecule has 1 unspecified atom stereocenters. The van der Waals surface area contributed by atoms with Crippen LogP contribution in [0.2, 0.25) is 0 Å². The number of hydrogen-bond acceptors (Lipinski definition) is 3. The van der Waals surface area contributed by atoms with Gasteiger partial charge in [0.15, 0.2) is 0 Å². The highest BCUT2D eigenvalue weighted by Crippen LogP contribution is 2.26. The van der Waals surface area contributed by atoms with Gasteiger partial charge in [0, 0.05) is 16.5 Å². The number of unbranched alkanes of at least 4 members (excludes halogenated alkanes) is 2. The van der Waals surface area contributed by atoms with E-state index in [1.165, 1.54) is 6.42 Å². The molecule has 0 bridgehead atoms. The fourth-order valence-corrected chi connectivity index (χ4v) is 3.05. The predicted octanol–water partition coefficient (Wildman–Crippen LogP) is 5.35. The summed E-state index contributed by atoms with van der Waals surface area (Å²) in [7, 11) is 0. The van der Waals surface area contributed by atoms with Gasteiger partial charge in [0.05, 0.1) is 22.8 Å². The van der Waals surface area contributed by atoms with Gasteiger partial charge in [-0.1, -0.05) is 57.4 Å². The number of aryl methyl sites for hydroxylation is 1. The van der Waals surface area contributed by atoms with Crippen LogP contribution in [0.3, 0.4) is 0 Å². The summed E-state index contributed by atoms with van der Waals surface area (Å²) in [5.41, 5.74) is 3.73. The van der Waals surface area contributed by atoms with Crippen molar-refractivity contribution >= 4 is 21.8 Å². The van der Waals surface area contributed by atoms with Crippen molar-refractivity contribution in [3.63, 3.8) is 0 Å². The molecule has 0 saturated heterocycles. The van der Waals surface area contributed by atoms with Gasteiger partial charge in [-0.3, -0.25) is 4.98 Å². The second kappa shape index (κ2) is 7.71. The standard InChI is InChI=1S/C21H26N2O/c1-3-5-7-17-13-11-15-9-10-16-12-14-18(19(24)8-6-4-2)23-21(16)20(15)22-17/h9-14,19,24H,3-8H2,1-2H3. The second-order valence-electron chi connectivity index (χ2n) is 6.51. The van der Waals surface area contributed by atoms with Gasteiger partial charge in [-0.05, 0) is 31.4 Å². The molecule has 1 aromatic carbocycles. The normalized spacial score (nSPS) is 12.8. The Labute approximate surface area is 143 Å². The average Bonchev–Trinajstić information content (AvgIpc) is 2.63. The van der Waals surface area contributed by atoms with Crippen LogP contribution in [0.25, 0.3) is 21.8 Å². The topological polar surface area (TPSA) is 46.0 Å². The molecule has 1 N–H and O–H groups in total. The van der Waals surface area contributed by atoms with Crippen molar-refractivity contribution in [1.82, 2.24) is 9.97 Å². The SMILES string of the molecule is CCCCc1ccc2ccc3ccc(C(O)CCCC)nc3c2n1. The monoisotopic (exact) mass is 322 g/mol. The molecule has 0 aliphatic heterocycles. The number of aromatic nitrogens is 2. The molecular weight excluding hydrogens is 296 g/mol. The van der Waals surface area contributed by atoms with Crippen molar-refractivity contribution in [2.75, 3.05) is 0 Å². The Kier molecular flexibility index (Phi) is 5.41. The Bertz CT molecular complexity index is 829. The quantitative estimate of drug-likeness (QED) is 0.596. The number of benzene rings is 1. The maximum absolute atomic E-state index is 10.4. The molecule has 1 atom stereocenters. The first-order valence-electron chi connectivity index (χ1n) is 9.10. The van der Waals surface area contributed by atoms with E-state index in [1.807, 2.05) is 12.1 Å². The van der Waals surface area contributed by atoms with Crippen molar-refractivity contribution in [3.8, 4) is 0 Å². The fraction of sp³-hybridized carbons (Fsp3) is 0.429. The summed E-state index contributed by atoms with van der Waals surface area (Å²) in [6, 6.07) is 12.4. The smallest absolute Gasteiger partial charge is 0.0969 e. The number of rotatable bonds is 7. The summed E-state index contributed by atoms with van der Waals surface area (Å²) >= 11 is 0. The minimum atomic E-state index is -0.493. The molecule has 3 aromatic rings. The highest BCUT2D eigenvalue weighted by Gasteiger charge is 2.11. The largest absolute Gasteiger partial charge is 0.387 e. The van der Waals surface area contributed by atoms with E-state index in [9.17, 15) is 5.11 Å². The van der Waals surface area contributed by atoms with Gasteiger partial charge < -0.3 is 5.11 Å². The van der Waals surface area contributed by atoms with Gasteiger partial charge in [-0.15, -0.1) is 0 Å². The predicted molar refractivity (Wildman–Crippen MR) is 100 cm³/mol. The maximum Gasteiger partial charge on any atom is 0.0969 e. The highest BCUT2D eigenvalue weighted by atomic mass is 16.3. The lowest BCUT2D eigenvalue weighted by Crippen LogP contribution is -2.01.